The van der Waals surface area contributed by atoms with Gasteiger partial charge in [0, 0.05) is 29.9 Å². The number of aromatic nitrogens is 1. The molecule has 0 aromatic carbocycles. The van der Waals surface area contributed by atoms with E-state index in [1.807, 2.05) is 12.3 Å². The van der Waals surface area contributed by atoms with Gasteiger partial charge >= 0.3 is 5.97 Å². The number of carboxylic acids is 1. The second kappa shape index (κ2) is 7.64. The number of amides is 1. The van der Waals surface area contributed by atoms with Gasteiger partial charge in [-0.2, -0.15) is 11.8 Å². The number of carboxylic acid groups (broad SMARTS) is 1. The minimum Gasteiger partial charge on any atom is -0.481 e. The largest absolute Gasteiger partial charge is 0.481 e. The molecule has 5 nitrogen and oxygen atoms in total. The summed E-state index contributed by atoms with van der Waals surface area (Å²) in [4.78, 5) is 26.8. The molecule has 0 bridgehead atoms. The van der Waals surface area contributed by atoms with Crippen molar-refractivity contribution in [2.45, 2.75) is 32.9 Å². The van der Waals surface area contributed by atoms with Gasteiger partial charge in [0.05, 0.1) is 16.1 Å². The Kier molecular flexibility index (Phi) is 6.48. The minimum atomic E-state index is -0.930. The van der Waals surface area contributed by atoms with E-state index in [2.05, 4.69) is 10.3 Å². The molecule has 20 heavy (non-hydrogen) atoms. The molecule has 1 heterocycles. The van der Waals surface area contributed by atoms with Crippen molar-refractivity contribution in [2.75, 3.05) is 12.3 Å². The number of rotatable bonds is 8. The molecule has 112 valence electrons. The van der Waals surface area contributed by atoms with Crippen LogP contribution in [-0.2, 0) is 15.3 Å². The Morgan fingerprint density at radius 1 is 1.50 bits per heavy atom. The first-order valence-electron chi connectivity index (χ1n) is 6.30. The molecular weight excluding hydrogens is 296 g/mol. The molecule has 7 heteroatoms. The Bertz CT molecular complexity index is 472. The smallest absolute Gasteiger partial charge is 0.310 e. The average Bonchev–Trinajstić information content (AvgIpc) is 2.78. The predicted octanol–water partition coefficient (Wildman–Crippen LogP) is 2.30. The number of nitrogens with one attached hydrogen (secondary N) is 1. The molecule has 0 aliphatic rings. The fourth-order valence-corrected chi connectivity index (χ4v) is 2.85. The zero-order valence-corrected chi connectivity index (χ0v) is 13.6. The second-order valence-corrected chi connectivity index (χ2v) is 7.29. The summed E-state index contributed by atoms with van der Waals surface area (Å²) in [5.41, 5.74) is 0.117. The zero-order chi connectivity index (χ0) is 15.2. The van der Waals surface area contributed by atoms with Crippen molar-refractivity contribution in [3.05, 3.63) is 16.1 Å². The first-order chi connectivity index (χ1) is 9.31. The van der Waals surface area contributed by atoms with Gasteiger partial charge < -0.3 is 10.4 Å². The van der Waals surface area contributed by atoms with Crippen molar-refractivity contribution in [3.63, 3.8) is 0 Å². The molecule has 0 fully saturated rings. The molecule has 0 unspecified atom stereocenters. The Morgan fingerprint density at radius 2 is 2.20 bits per heavy atom. The summed E-state index contributed by atoms with van der Waals surface area (Å²) in [6.45, 7) is 5.30. The van der Waals surface area contributed by atoms with Crippen LogP contribution in [0.2, 0.25) is 0 Å². The Labute approximate surface area is 127 Å². The zero-order valence-electron chi connectivity index (χ0n) is 11.9. The van der Waals surface area contributed by atoms with Gasteiger partial charge in [-0.05, 0) is 20.8 Å². The van der Waals surface area contributed by atoms with E-state index in [-0.39, 0.29) is 12.5 Å². The van der Waals surface area contributed by atoms with E-state index < -0.39 is 11.4 Å². The van der Waals surface area contributed by atoms with Crippen LogP contribution in [0.25, 0.3) is 0 Å². The molecule has 1 rings (SSSR count). The van der Waals surface area contributed by atoms with Gasteiger partial charge in [-0.1, -0.05) is 0 Å². The summed E-state index contributed by atoms with van der Waals surface area (Å²) in [7, 11) is 0. The SMILES string of the molecule is Cc1nc(CSCCC(=O)NCC(C)(C)C(=O)O)cs1. The predicted molar refractivity (Wildman–Crippen MR) is 82.1 cm³/mol. The van der Waals surface area contributed by atoms with E-state index in [1.165, 1.54) is 0 Å². The van der Waals surface area contributed by atoms with E-state index in [0.29, 0.717) is 12.2 Å². The summed E-state index contributed by atoms with van der Waals surface area (Å²) < 4.78 is 0. The number of thiazole rings is 1. The summed E-state index contributed by atoms with van der Waals surface area (Å²) in [5, 5.41) is 14.7. The van der Waals surface area contributed by atoms with Crippen molar-refractivity contribution in [3.8, 4) is 0 Å². The molecule has 1 aromatic rings. The van der Waals surface area contributed by atoms with Crippen LogP contribution in [0.3, 0.4) is 0 Å². The fourth-order valence-electron chi connectivity index (χ4n) is 1.30. The number of thioether (sulfide) groups is 1. The number of aliphatic carboxylic acids is 1. The average molecular weight is 316 g/mol. The molecule has 0 radical (unpaired) electrons. The molecule has 0 saturated heterocycles. The Morgan fingerprint density at radius 3 is 2.75 bits per heavy atom. The third-order valence-electron chi connectivity index (χ3n) is 2.70. The standard InChI is InChI=1S/C13H20N2O3S2/c1-9-15-10(7-20-9)6-19-5-4-11(16)14-8-13(2,3)12(17)18/h7H,4-6,8H2,1-3H3,(H,14,16)(H,17,18). The molecule has 0 atom stereocenters. The molecule has 0 aliphatic heterocycles. The van der Waals surface area contributed by atoms with E-state index in [9.17, 15) is 9.59 Å². The third kappa shape index (κ3) is 5.92. The number of hydrogen-bond donors (Lipinski definition) is 2. The van der Waals surface area contributed by atoms with Crippen LogP contribution in [0.5, 0.6) is 0 Å². The van der Waals surface area contributed by atoms with E-state index >= 15 is 0 Å². The van der Waals surface area contributed by atoms with Crippen LogP contribution in [0.1, 0.15) is 31.0 Å². The third-order valence-corrected chi connectivity index (χ3v) is 4.51. The van der Waals surface area contributed by atoms with Crippen LogP contribution in [0.4, 0.5) is 0 Å². The molecule has 0 aliphatic carbocycles. The van der Waals surface area contributed by atoms with Crippen molar-refractivity contribution in [2.24, 2.45) is 5.41 Å². The Balaban J connectivity index is 2.16. The highest BCUT2D eigenvalue weighted by atomic mass is 32.2. The fraction of sp³-hybridized carbons (Fsp3) is 0.615. The first kappa shape index (κ1) is 17.0. The van der Waals surface area contributed by atoms with E-state index in [0.717, 1.165) is 16.5 Å². The lowest BCUT2D eigenvalue weighted by molar-refractivity contribution is -0.146. The van der Waals surface area contributed by atoms with Crippen molar-refractivity contribution >= 4 is 35.0 Å². The van der Waals surface area contributed by atoms with Crippen molar-refractivity contribution < 1.29 is 14.7 Å². The van der Waals surface area contributed by atoms with Crippen LogP contribution < -0.4 is 5.32 Å². The summed E-state index contributed by atoms with van der Waals surface area (Å²) in [6, 6.07) is 0. The summed E-state index contributed by atoms with van der Waals surface area (Å²) in [5.74, 6) is 0.487. The highest BCUT2D eigenvalue weighted by Gasteiger charge is 2.27. The van der Waals surface area contributed by atoms with Gasteiger partial charge in [-0.15, -0.1) is 11.3 Å². The van der Waals surface area contributed by atoms with Gasteiger partial charge in [0.1, 0.15) is 0 Å². The van der Waals surface area contributed by atoms with Crippen LogP contribution in [0.15, 0.2) is 5.38 Å². The van der Waals surface area contributed by atoms with E-state index in [4.69, 9.17) is 5.11 Å². The summed E-state index contributed by atoms with van der Waals surface area (Å²) in [6.07, 6.45) is 0.392. The maximum atomic E-state index is 11.6. The van der Waals surface area contributed by atoms with Gasteiger partial charge in [0.25, 0.3) is 0 Å². The van der Waals surface area contributed by atoms with Crippen LogP contribution in [-0.4, -0.2) is 34.3 Å². The quantitative estimate of drug-likeness (QED) is 0.719. The van der Waals surface area contributed by atoms with Crippen molar-refractivity contribution in [1.82, 2.24) is 10.3 Å². The molecule has 1 aromatic heterocycles. The topological polar surface area (TPSA) is 79.3 Å². The van der Waals surface area contributed by atoms with Crippen LogP contribution >= 0.6 is 23.1 Å². The normalized spacial score (nSPS) is 11.3. The lowest BCUT2D eigenvalue weighted by Gasteiger charge is -2.19. The number of carbonyl (C=O) groups excluding carboxylic acids is 1. The molecule has 2 N–H and O–H groups in total. The number of hydrogen-bond acceptors (Lipinski definition) is 5. The Hall–Kier alpha value is -1.08. The monoisotopic (exact) mass is 316 g/mol. The molecule has 0 saturated carbocycles. The lowest BCUT2D eigenvalue weighted by atomic mass is 9.94. The van der Waals surface area contributed by atoms with Gasteiger partial charge in [0.2, 0.25) is 5.91 Å². The number of aryl methyl sites for hydroxylation is 1. The molecule has 0 spiro atoms. The van der Waals surface area contributed by atoms with E-state index in [1.54, 1.807) is 36.9 Å². The van der Waals surface area contributed by atoms with Gasteiger partial charge in [-0.3, -0.25) is 9.59 Å². The maximum absolute atomic E-state index is 11.6. The number of carbonyl (C=O) groups is 2. The second-order valence-electron chi connectivity index (χ2n) is 5.13. The maximum Gasteiger partial charge on any atom is 0.310 e. The highest BCUT2D eigenvalue weighted by molar-refractivity contribution is 7.98. The highest BCUT2D eigenvalue weighted by Crippen LogP contribution is 2.16. The minimum absolute atomic E-state index is 0.110. The molecule has 1 amide bonds. The lowest BCUT2D eigenvalue weighted by Crippen LogP contribution is -2.38. The first-order valence-corrected chi connectivity index (χ1v) is 8.33. The van der Waals surface area contributed by atoms with Gasteiger partial charge in [-0.25, -0.2) is 4.98 Å². The van der Waals surface area contributed by atoms with Crippen LogP contribution in [0, 0.1) is 12.3 Å². The number of nitrogens with zero attached hydrogens (tertiary/aromatic N) is 1. The van der Waals surface area contributed by atoms with Crippen molar-refractivity contribution in [1.29, 1.82) is 0 Å². The molecular formula is C13H20N2O3S2. The van der Waals surface area contributed by atoms with Gasteiger partial charge in [0.15, 0.2) is 0 Å². The summed E-state index contributed by atoms with van der Waals surface area (Å²) >= 11 is 3.28.